The SMILES string of the molecule is COc1ccc(Cl)cc1S(=O)(=O)N1CCC[C@H]1C(=O)O. The van der Waals surface area contributed by atoms with Crippen molar-refractivity contribution >= 4 is 27.6 Å². The molecule has 6 nitrogen and oxygen atoms in total. The number of aliphatic carboxylic acids is 1. The number of benzene rings is 1. The Labute approximate surface area is 122 Å². The van der Waals surface area contributed by atoms with Gasteiger partial charge in [-0.2, -0.15) is 4.31 Å². The lowest BCUT2D eigenvalue weighted by atomic mass is 10.2. The maximum absolute atomic E-state index is 12.6. The standard InChI is InChI=1S/C12H14ClNO5S/c1-19-10-5-4-8(13)7-11(10)20(17,18)14-6-2-3-9(14)12(15)16/h4-5,7,9H,2-3,6H2,1H3,(H,15,16)/t9-/m0/s1. The smallest absolute Gasteiger partial charge is 0.322 e. The van der Waals surface area contributed by atoms with Gasteiger partial charge in [0.05, 0.1) is 7.11 Å². The molecule has 1 N–H and O–H groups in total. The largest absolute Gasteiger partial charge is 0.495 e. The van der Waals surface area contributed by atoms with Crippen molar-refractivity contribution in [3.63, 3.8) is 0 Å². The normalized spacial score (nSPS) is 20.0. The Kier molecular flexibility index (Phi) is 4.22. The molecule has 0 saturated carbocycles. The third kappa shape index (κ3) is 2.61. The van der Waals surface area contributed by atoms with E-state index in [0.29, 0.717) is 12.8 Å². The Morgan fingerprint density at radius 1 is 1.50 bits per heavy atom. The molecule has 1 fully saturated rings. The van der Waals surface area contributed by atoms with Crippen LogP contribution in [0.5, 0.6) is 5.75 Å². The number of hydrogen-bond donors (Lipinski definition) is 1. The summed E-state index contributed by atoms with van der Waals surface area (Å²) < 4.78 is 31.2. The Hall–Kier alpha value is -1.31. The monoisotopic (exact) mass is 319 g/mol. The molecule has 0 aromatic heterocycles. The average Bonchev–Trinajstić information content (AvgIpc) is 2.88. The zero-order valence-corrected chi connectivity index (χ0v) is 12.3. The van der Waals surface area contributed by atoms with E-state index in [0.717, 1.165) is 4.31 Å². The van der Waals surface area contributed by atoms with Crippen LogP contribution in [0.15, 0.2) is 23.1 Å². The van der Waals surface area contributed by atoms with Crippen LogP contribution in [0, 0.1) is 0 Å². The number of sulfonamides is 1. The zero-order valence-electron chi connectivity index (χ0n) is 10.7. The van der Waals surface area contributed by atoms with E-state index in [4.69, 9.17) is 21.4 Å². The summed E-state index contributed by atoms with van der Waals surface area (Å²) in [6, 6.07) is 3.19. The van der Waals surface area contributed by atoms with E-state index in [1.54, 1.807) is 0 Å². The molecule has 8 heteroatoms. The fraction of sp³-hybridized carbons (Fsp3) is 0.417. The lowest BCUT2D eigenvalue weighted by molar-refractivity contribution is -0.140. The van der Waals surface area contributed by atoms with Gasteiger partial charge in [-0.15, -0.1) is 0 Å². The number of nitrogens with zero attached hydrogens (tertiary/aromatic N) is 1. The van der Waals surface area contributed by atoms with Crippen molar-refractivity contribution in [3.05, 3.63) is 23.2 Å². The van der Waals surface area contributed by atoms with E-state index in [1.807, 2.05) is 0 Å². The van der Waals surface area contributed by atoms with Crippen molar-refractivity contribution in [2.24, 2.45) is 0 Å². The molecule has 1 heterocycles. The molecular weight excluding hydrogens is 306 g/mol. The number of carboxylic acid groups (broad SMARTS) is 1. The molecule has 0 aliphatic carbocycles. The Morgan fingerprint density at radius 3 is 2.80 bits per heavy atom. The van der Waals surface area contributed by atoms with E-state index >= 15 is 0 Å². The van der Waals surface area contributed by atoms with Crippen molar-refractivity contribution < 1.29 is 23.1 Å². The van der Waals surface area contributed by atoms with Gasteiger partial charge in [-0.3, -0.25) is 4.79 Å². The first kappa shape index (κ1) is 15.1. The predicted octanol–water partition coefficient (Wildman–Crippen LogP) is 1.59. The van der Waals surface area contributed by atoms with Crippen LogP contribution < -0.4 is 4.74 Å². The number of halogens is 1. The molecule has 1 saturated heterocycles. The molecule has 0 bridgehead atoms. The number of carbonyl (C=O) groups is 1. The lowest BCUT2D eigenvalue weighted by Crippen LogP contribution is -2.40. The van der Waals surface area contributed by atoms with E-state index in [-0.39, 0.29) is 22.2 Å². The van der Waals surface area contributed by atoms with Gasteiger partial charge < -0.3 is 9.84 Å². The summed E-state index contributed by atoms with van der Waals surface area (Å²) in [5, 5.41) is 9.36. The first-order valence-electron chi connectivity index (χ1n) is 5.96. The van der Waals surface area contributed by atoms with Crippen molar-refractivity contribution in [1.29, 1.82) is 0 Å². The van der Waals surface area contributed by atoms with Gasteiger partial charge >= 0.3 is 5.97 Å². The van der Waals surface area contributed by atoms with Gasteiger partial charge in [0, 0.05) is 11.6 Å². The summed E-state index contributed by atoms with van der Waals surface area (Å²) in [6.07, 6.45) is 0.816. The zero-order chi connectivity index (χ0) is 14.9. The van der Waals surface area contributed by atoms with Gasteiger partial charge in [0.25, 0.3) is 0 Å². The van der Waals surface area contributed by atoms with Gasteiger partial charge in [-0.25, -0.2) is 8.42 Å². The topological polar surface area (TPSA) is 83.9 Å². The second-order valence-corrected chi connectivity index (χ2v) is 6.70. The van der Waals surface area contributed by atoms with Crippen LogP contribution in [0.25, 0.3) is 0 Å². The summed E-state index contributed by atoms with van der Waals surface area (Å²) in [7, 11) is -2.61. The molecule has 0 spiro atoms. The minimum Gasteiger partial charge on any atom is -0.495 e. The summed E-state index contributed by atoms with van der Waals surface area (Å²) in [5.41, 5.74) is 0. The highest BCUT2D eigenvalue weighted by Crippen LogP contribution is 2.33. The van der Waals surface area contributed by atoms with E-state index in [9.17, 15) is 13.2 Å². The fourth-order valence-electron chi connectivity index (χ4n) is 2.25. The highest BCUT2D eigenvalue weighted by Gasteiger charge is 2.40. The van der Waals surface area contributed by atoms with Gasteiger partial charge in [-0.1, -0.05) is 11.6 Å². The lowest BCUT2D eigenvalue weighted by Gasteiger charge is -2.22. The number of methoxy groups -OCH3 is 1. The van der Waals surface area contributed by atoms with Crippen molar-refractivity contribution in [2.75, 3.05) is 13.7 Å². The van der Waals surface area contributed by atoms with E-state index in [2.05, 4.69) is 0 Å². The molecule has 1 aliphatic heterocycles. The summed E-state index contributed by atoms with van der Waals surface area (Å²) in [5.74, 6) is -1.00. The van der Waals surface area contributed by atoms with Crippen LogP contribution in [0.4, 0.5) is 0 Å². The van der Waals surface area contributed by atoms with Crippen molar-refractivity contribution in [2.45, 2.75) is 23.8 Å². The Bertz CT molecular complexity index is 631. The van der Waals surface area contributed by atoms with Crippen LogP contribution in [-0.2, 0) is 14.8 Å². The van der Waals surface area contributed by atoms with E-state index in [1.165, 1.54) is 25.3 Å². The number of rotatable bonds is 4. The number of carboxylic acids is 1. The molecular formula is C12H14ClNO5S. The van der Waals surface area contributed by atoms with Gasteiger partial charge in [0.15, 0.2) is 0 Å². The van der Waals surface area contributed by atoms with Crippen molar-refractivity contribution in [3.8, 4) is 5.75 Å². The van der Waals surface area contributed by atoms with Crippen LogP contribution >= 0.6 is 11.6 Å². The number of ether oxygens (including phenoxy) is 1. The molecule has 1 aromatic rings. The second kappa shape index (κ2) is 5.59. The average molecular weight is 320 g/mol. The summed E-state index contributed by atoms with van der Waals surface area (Å²) in [6.45, 7) is 0.176. The van der Waals surface area contributed by atoms with Gasteiger partial charge in [0.2, 0.25) is 10.0 Å². The molecule has 0 unspecified atom stereocenters. The molecule has 1 atom stereocenters. The molecule has 20 heavy (non-hydrogen) atoms. The molecule has 110 valence electrons. The number of hydrogen-bond acceptors (Lipinski definition) is 4. The molecule has 1 aromatic carbocycles. The Balaban J connectivity index is 2.50. The molecule has 0 amide bonds. The highest BCUT2D eigenvalue weighted by atomic mass is 35.5. The summed E-state index contributed by atoms with van der Waals surface area (Å²) >= 11 is 5.83. The third-order valence-corrected chi connectivity index (χ3v) is 5.37. The summed E-state index contributed by atoms with van der Waals surface area (Å²) in [4.78, 5) is 11.0. The third-order valence-electron chi connectivity index (χ3n) is 3.20. The van der Waals surface area contributed by atoms with Crippen LogP contribution in [-0.4, -0.2) is 43.5 Å². The first-order chi connectivity index (χ1) is 9.37. The predicted molar refractivity (Wildman–Crippen MR) is 72.6 cm³/mol. The molecule has 0 radical (unpaired) electrons. The van der Waals surface area contributed by atoms with Gasteiger partial charge in [-0.05, 0) is 31.0 Å². The van der Waals surface area contributed by atoms with Crippen LogP contribution in [0.2, 0.25) is 5.02 Å². The molecule has 1 aliphatic rings. The van der Waals surface area contributed by atoms with Gasteiger partial charge in [0.1, 0.15) is 16.7 Å². The second-order valence-electron chi connectivity index (χ2n) is 4.41. The molecule has 2 rings (SSSR count). The van der Waals surface area contributed by atoms with Crippen LogP contribution in [0.1, 0.15) is 12.8 Å². The minimum absolute atomic E-state index is 0.111. The first-order valence-corrected chi connectivity index (χ1v) is 7.78. The maximum atomic E-state index is 12.6. The van der Waals surface area contributed by atoms with Crippen molar-refractivity contribution in [1.82, 2.24) is 4.31 Å². The van der Waals surface area contributed by atoms with Crippen LogP contribution in [0.3, 0.4) is 0 Å². The fourth-order valence-corrected chi connectivity index (χ4v) is 4.32. The Morgan fingerprint density at radius 2 is 2.20 bits per heavy atom. The van der Waals surface area contributed by atoms with E-state index < -0.39 is 22.0 Å². The highest BCUT2D eigenvalue weighted by molar-refractivity contribution is 7.89. The quantitative estimate of drug-likeness (QED) is 0.911. The minimum atomic E-state index is -3.96. The maximum Gasteiger partial charge on any atom is 0.322 e.